The minimum Gasteiger partial charge on any atom is -0.389 e. The maximum atomic E-state index is 9.75. The van der Waals surface area contributed by atoms with Gasteiger partial charge in [0.25, 0.3) is 0 Å². The summed E-state index contributed by atoms with van der Waals surface area (Å²) in [4.78, 5) is 0. The molecule has 1 heterocycles. The molecule has 0 aliphatic carbocycles. The van der Waals surface area contributed by atoms with Gasteiger partial charge in [0, 0.05) is 18.7 Å². The van der Waals surface area contributed by atoms with Crippen LogP contribution in [0.3, 0.4) is 0 Å². The Morgan fingerprint density at radius 3 is 2.88 bits per heavy atom. The van der Waals surface area contributed by atoms with Gasteiger partial charge in [0.2, 0.25) is 0 Å². The Kier molecular flexibility index (Phi) is 6.41. The van der Waals surface area contributed by atoms with Crippen molar-refractivity contribution in [2.45, 2.75) is 57.8 Å². The van der Waals surface area contributed by atoms with Gasteiger partial charge in [-0.05, 0) is 33.1 Å². The highest BCUT2D eigenvalue weighted by molar-refractivity contribution is 4.76. The fourth-order valence-electron chi connectivity index (χ4n) is 1.69. The van der Waals surface area contributed by atoms with E-state index in [0.717, 1.165) is 25.9 Å². The first-order chi connectivity index (χ1) is 8.03. The first-order valence-corrected chi connectivity index (χ1v) is 6.66. The summed E-state index contributed by atoms with van der Waals surface area (Å²) in [7, 11) is 0. The van der Waals surface area contributed by atoms with E-state index >= 15 is 0 Å². The Bertz CT molecular complexity index is 203. The van der Waals surface area contributed by atoms with E-state index in [4.69, 9.17) is 9.47 Å². The maximum Gasteiger partial charge on any atom is 0.0897 e. The Morgan fingerprint density at radius 2 is 2.29 bits per heavy atom. The first-order valence-electron chi connectivity index (χ1n) is 6.66. The van der Waals surface area contributed by atoms with E-state index < -0.39 is 6.10 Å². The molecule has 1 rings (SSSR count). The van der Waals surface area contributed by atoms with Gasteiger partial charge in [0.15, 0.2) is 0 Å². The number of aliphatic hydroxyl groups excluding tert-OH is 1. The molecule has 0 spiro atoms. The lowest BCUT2D eigenvalue weighted by Crippen LogP contribution is -2.44. The van der Waals surface area contributed by atoms with Gasteiger partial charge in [-0.15, -0.1) is 0 Å². The van der Waals surface area contributed by atoms with Gasteiger partial charge in [0.05, 0.1) is 25.4 Å². The number of β-amino-alcohol motifs (C(OH)–C–C–N with tert-alkyl or cyclic N) is 1. The van der Waals surface area contributed by atoms with Gasteiger partial charge in [-0.2, -0.15) is 0 Å². The van der Waals surface area contributed by atoms with Crippen LogP contribution in [0.4, 0.5) is 0 Å². The Morgan fingerprint density at radius 1 is 1.53 bits per heavy atom. The number of aliphatic hydroxyl groups is 1. The molecular formula is C13H27NO3. The normalized spacial score (nSPS) is 22.9. The zero-order chi connectivity index (χ0) is 12.7. The number of hydrogen-bond acceptors (Lipinski definition) is 4. The molecule has 17 heavy (non-hydrogen) atoms. The molecule has 4 heteroatoms. The van der Waals surface area contributed by atoms with Crippen molar-refractivity contribution in [2.24, 2.45) is 0 Å². The highest BCUT2D eigenvalue weighted by Gasteiger charge is 2.18. The Labute approximate surface area is 105 Å². The molecular weight excluding hydrogens is 218 g/mol. The molecule has 0 bridgehead atoms. The van der Waals surface area contributed by atoms with Crippen LogP contribution >= 0.6 is 0 Å². The molecule has 1 aliphatic rings. The van der Waals surface area contributed by atoms with E-state index in [9.17, 15) is 5.11 Å². The molecule has 2 atom stereocenters. The van der Waals surface area contributed by atoms with Gasteiger partial charge in [-0.1, -0.05) is 6.92 Å². The summed E-state index contributed by atoms with van der Waals surface area (Å²) in [5.74, 6) is 0. The topological polar surface area (TPSA) is 50.7 Å². The summed E-state index contributed by atoms with van der Waals surface area (Å²) >= 11 is 0. The van der Waals surface area contributed by atoms with Crippen LogP contribution in [0.15, 0.2) is 0 Å². The van der Waals surface area contributed by atoms with E-state index in [2.05, 4.69) is 26.1 Å². The third-order valence-electron chi connectivity index (χ3n) is 3.34. The summed E-state index contributed by atoms with van der Waals surface area (Å²) in [6.45, 7) is 8.81. The standard InChI is InChI=1S/C13H27NO3/c1-4-13(2,3)14-8-11(15)9-16-10-12-6-5-7-17-12/h11-12,14-15H,4-10H2,1-3H3. The largest absolute Gasteiger partial charge is 0.389 e. The number of rotatable bonds is 8. The molecule has 0 aromatic carbocycles. The second kappa shape index (κ2) is 7.31. The second-order valence-corrected chi connectivity index (χ2v) is 5.44. The number of hydrogen-bond donors (Lipinski definition) is 2. The van der Waals surface area contributed by atoms with Crippen LogP contribution in [-0.2, 0) is 9.47 Å². The van der Waals surface area contributed by atoms with Gasteiger partial charge < -0.3 is 19.9 Å². The van der Waals surface area contributed by atoms with Crippen molar-refractivity contribution in [3.05, 3.63) is 0 Å². The lowest BCUT2D eigenvalue weighted by molar-refractivity contribution is -0.0177. The van der Waals surface area contributed by atoms with Crippen LogP contribution in [0.25, 0.3) is 0 Å². The van der Waals surface area contributed by atoms with E-state index in [1.54, 1.807) is 0 Å². The molecule has 0 aromatic rings. The molecule has 2 unspecified atom stereocenters. The third-order valence-corrected chi connectivity index (χ3v) is 3.34. The average molecular weight is 245 g/mol. The smallest absolute Gasteiger partial charge is 0.0897 e. The Hall–Kier alpha value is -0.160. The molecule has 2 N–H and O–H groups in total. The molecule has 0 amide bonds. The molecule has 0 radical (unpaired) electrons. The lowest BCUT2D eigenvalue weighted by atomic mass is 10.0. The lowest BCUT2D eigenvalue weighted by Gasteiger charge is -2.26. The summed E-state index contributed by atoms with van der Waals surface area (Å²) in [5, 5.41) is 13.1. The minimum absolute atomic E-state index is 0.0789. The zero-order valence-corrected chi connectivity index (χ0v) is 11.4. The molecule has 0 saturated carbocycles. The SMILES string of the molecule is CCC(C)(C)NCC(O)COCC1CCCO1. The fourth-order valence-corrected chi connectivity index (χ4v) is 1.69. The van der Waals surface area contributed by atoms with Gasteiger partial charge in [-0.25, -0.2) is 0 Å². The number of nitrogens with one attached hydrogen (secondary N) is 1. The van der Waals surface area contributed by atoms with Gasteiger partial charge in [-0.3, -0.25) is 0 Å². The summed E-state index contributed by atoms with van der Waals surface area (Å²) in [6.07, 6.45) is 3.04. The quantitative estimate of drug-likeness (QED) is 0.677. The minimum atomic E-state index is -0.442. The van der Waals surface area contributed by atoms with E-state index in [-0.39, 0.29) is 11.6 Å². The average Bonchev–Trinajstić information content (AvgIpc) is 2.80. The van der Waals surface area contributed by atoms with Crippen LogP contribution in [0.5, 0.6) is 0 Å². The first kappa shape index (κ1) is 14.9. The van der Waals surface area contributed by atoms with Crippen molar-refractivity contribution in [2.75, 3.05) is 26.4 Å². The van der Waals surface area contributed by atoms with Crippen molar-refractivity contribution in [1.82, 2.24) is 5.32 Å². The molecule has 1 fully saturated rings. The maximum absolute atomic E-state index is 9.75. The predicted octanol–water partition coefficient (Wildman–Crippen LogP) is 1.32. The van der Waals surface area contributed by atoms with Crippen LogP contribution in [0.1, 0.15) is 40.0 Å². The van der Waals surface area contributed by atoms with Crippen molar-refractivity contribution >= 4 is 0 Å². The molecule has 0 aromatic heterocycles. The van der Waals surface area contributed by atoms with E-state index in [1.165, 1.54) is 0 Å². The Balaban J connectivity index is 2.02. The third kappa shape index (κ3) is 6.36. The van der Waals surface area contributed by atoms with Crippen LogP contribution in [0, 0.1) is 0 Å². The van der Waals surface area contributed by atoms with Crippen molar-refractivity contribution in [3.8, 4) is 0 Å². The van der Waals surface area contributed by atoms with Crippen LogP contribution < -0.4 is 5.32 Å². The van der Waals surface area contributed by atoms with Crippen molar-refractivity contribution in [3.63, 3.8) is 0 Å². The zero-order valence-electron chi connectivity index (χ0n) is 11.4. The highest BCUT2D eigenvalue weighted by Crippen LogP contribution is 2.12. The van der Waals surface area contributed by atoms with Crippen molar-refractivity contribution in [1.29, 1.82) is 0 Å². The van der Waals surface area contributed by atoms with Gasteiger partial charge in [0.1, 0.15) is 0 Å². The molecule has 1 aliphatic heterocycles. The molecule has 1 saturated heterocycles. The van der Waals surface area contributed by atoms with Gasteiger partial charge >= 0.3 is 0 Å². The van der Waals surface area contributed by atoms with E-state index in [1.807, 2.05) is 0 Å². The van der Waals surface area contributed by atoms with Crippen molar-refractivity contribution < 1.29 is 14.6 Å². The monoisotopic (exact) mass is 245 g/mol. The van der Waals surface area contributed by atoms with Crippen LogP contribution in [0.2, 0.25) is 0 Å². The summed E-state index contributed by atoms with van der Waals surface area (Å²) in [6, 6.07) is 0. The second-order valence-electron chi connectivity index (χ2n) is 5.44. The van der Waals surface area contributed by atoms with E-state index in [0.29, 0.717) is 19.8 Å². The fraction of sp³-hybridized carbons (Fsp3) is 1.00. The number of ether oxygens (including phenoxy) is 2. The highest BCUT2D eigenvalue weighted by atomic mass is 16.5. The van der Waals surface area contributed by atoms with Crippen LogP contribution in [-0.4, -0.2) is 49.2 Å². The summed E-state index contributed by atoms with van der Waals surface area (Å²) in [5.41, 5.74) is 0.0789. The molecule has 102 valence electrons. The predicted molar refractivity (Wildman–Crippen MR) is 68.2 cm³/mol. The molecule has 4 nitrogen and oxygen atoms in total. The summed E-state index contributed by atoms with van der Waals surface area (Å²) < 4.78 is 10.9.